The summed E-state index contributed by atoms with van der Waals surface area (Å²) in [5.74, 6) is -0.0366. The van der Waals surface area contributed by atoms with E-state index in [4.69, 9.17) is 0 Å². The van der Waals surface area contributed by atoms with E-state index in [0.717, 1.165) is 21.9 Å². The molecule has 28 heavy (non-hydrogen) atoms. The topological polar surface area (TPSA) is 84.8 Å². The van der Waals surface area contributed by atoms with Crippen LogP contribution < -0.4 is 0 Å². The van der Waals surface area contributed by atoms with Gasteiger partial charge in [-0.2, -0.15) is 0 Å². The minimum Gasteiger partial charge on any atom is -0.493 e. The van der Waals surface area contributed by atoms with Gasteiger partial charge in [-0.3, -0.25) is 4.79 Å². The first kappa shape index (κ1) is 17.9. The molecule has 0 radical (unpaired) electrons. The second kappa shape index (κ2) is 7.26. The molecule has 7 heteroatoms. The number of hydrogen-bond acceptors (Lipinski definition) is 4. The van der Waals surface area contributed by atoms with Crippen molar-refractivity contribution in [3.05, 3.63) is 54.9 Å². The van der Waals surface area contributed by atoms with Crippen molar-refractivity contribution in [2.45, 2.75) is 26.9 Å². The predicted octanol–water partition coefficient (Wildman–Crippen LogP) is 4.66. The molecule has 1 N–H and O–H groups in total. The molecule has 2 heterocycles. The molecular formula is C21H21N5O2. The molecule has 0 aliphatic heterocycles. The molecule has 0 atom stereocenters. The van der Waals surface area contributed by atoms with Crippen molar-refractivity contribution >= 4 is 33.5 Å². The van der Waals surface area contributed by atoms with Gasteiger partial charge in [0.15, 0.2) is 5.69 Å². The van der Waals surface area contributed by atoms with E-state index in [0.29, 0.717) is 18.2 Å². The van der Waals surface area contributed by atoms with Crippen LogP contribution in [-0.2, 0) is 17.9 Å². The molecule has 142 valence electrons. The lowest BCUT2D eigenvalue weighted by Gasteiger charge is -2.09. The standard InChI is InChI=1S/C21H21N5O2/c1-14(2)11-26-17-9-5-3-7-15(17)20(21(26)28)24-23-19(27)12-25-13-22-16-8-4-6-10-18(16)25/h3-10,13-14,28H,11-12H2,1-2H3. The normalized spacial score (nSPS) is 12.0. The van der Waals surface area contributed by atoms with E-state index in [2.05, 4.69) is 29.1 Å². The molecule has 0 aliphatic rings. The number of benzene rings is 2. The zero-order valence-electron chi connectivity index (χ0n) is 15.8. The van der Waals surface area contributed by atoms with Crippen LogP contribution in [0.4, 0.5) is 5.69 Å². The number of aromatic hydroxyl groups is 1. The van der Waals surface area contributed by atoms with Crippen LogP contribution in [0.5, 0.6) is 5.88 Å². The van der Waals surface area contributed by atoms with E-state index in [1.165, 1.54) is 0 Å². The number of amides is 1. The van der Waals surface area contributed by atoms with Gasteiger partial charge in [0.25, 0.3) is 5.91 Å². The fraction of sp³-hybridized carbons (Fsp3) is 0.238. The molecule has 0 unspecified atom stereocenters. The molecule has 7 nitrogen and oxygen atoms in total. The Kier molecular flexibility index (Phi) is 4.65. The van der Waals surface area contributed by atoms with E-state index in [-0.39, 0.29) is 12.4 Å². The number of carbonyl (C=O) groups excluding carboxylic acids is 1. The van der Waals surface area contributed by atoms with E-state index in [9.17, 15) is 9.90 Å². The van der Waals surface area contributed by atoms with Crippen molar-refractivity contribution in [2.24, 2.45) is 16.1 Å². The third-order valence-electron chi connectivity index (χ3n) is 4.56. The lowest BCUT2D eigenvalue weighted by molar-refractivity contribution is -0.118. The number of imidazole rings is 1. The number of azo groups is 1. The number of para-hydroxylation sites is 3. The van der Waals surface area contributed by atoms with Gasteiger partial charge >= 0.3 is 0 Å². The Balaban J connectivity index is 1.63. The summed E-state index contributed by atoms with van der Waals surface area (Å²) < 4.78 is 3.54. The molecule has 0 aliphatic carbocycles. The zero-order chi connectivity index (χ0) is 19.7. The number of rotatable bonds is 5. The Morgan fingerprint density at radius 3 is 2.61 bits per heavy atom. The van der Waals surface area contributed by atoms with Gasteiger partial charge in [-0.15, -0.1) is 10.2 Å². The van der Waals surface area contributed by atoms with Crippen molar-refractivity contribution in [3.63, 3.8) is 0 Å². The molecule has 2 aromatic carbocycles. The SMILES string of the molecule is CC(C)Cn1c(O)c(N=NC(=O)Cn2cnc3ccccc32)c2ccccc21. The van der Waals surface area contributed by atoms with Gasteiger partial charge < -0.3 is 14.2 Å². The van der Waals surface area contributed by atoms with Crippen molar-refractivity contribution in [1.82, 2.24) is 14.1 Å². The number of fused-ring (bicyclic) bond motifs is 2. The summed E-state index contributed by atoms with van der Waals surface area (Å²) in [6.45, 7) is 4.84. The summed E-state index contributed by atoms with van der Waals surface area (Å²) in [5.41, 5.74) is 2.87. The smallest absolute Gasteiger partial charge is 0.284 e. The third kappa shape index (κ3) is 3.26. The lowest BCUT2D eigenvalue weighted by Crippen LogP contribution is -2.05. The second-order valence-electron chi connectivity index (χ2n) is 7.15. The van der Waals surface area contributed by atoms with Crippen LogP contribution in [0.1, 0.15) is 13.8 Å². The number of carbonyl (C=O) groups is 1. The Morgan fingerprint density at radius 1 is 1.11 bits per heavy atom. The van der Waals surface area contributed by atoms with Crippen LogP contribution in [0.3, 0.4) is 0 Å². The summed E-state index contributed by atoms with van der Waals surface area (Å²) in [6, 6.07) is 15.2. The molecule has 0 fully saturated rings. The number of aromatic nitrogens is 3. The molecule has 0 bridgehead atoms. The van der Waals surface area contributed by atoms with Crippen LogP contribution in [0, 0.1) is 5.92 Å². The van der Waals surface area contributed by atoms with Crippen LogP contribution in [0.15, 0.2) is 65.1 Å². The van der Waals surface area contributed by atoms with Gasteiger partial charge in [0.1, 0.15) is 6.54 Å². The van der Waals surface area contributed by atoms with Crippen molar-refractivity contribution in [1.29, 1.82) is 0 Å². The van der Waals surface area contributed by atoms with Crippen LogP contribution in [0.25, 0.3) is 21.9 Å². The summed E-state index contributed by atoms with van der Waals surface area (Å²) in [6.07, 6.45) is 1.62. The average molecular weight is 375 g/mol. The van der Waals surface area contributed by atoms with Crippen molar-refractivity contribution < 1.29 is 9.90 Å². The highest BCUT2D eigenvalue weighted by Gasteiger charge is 2.17. The first-order valence-electron chi connectivity index (χ1n) is 9.19. The van der Waals surface area contributed by atoms with Gasteiger partial charge in [0.05, 0.1) is 22.9 Å². The van der Waals surface area contributed by atoms with Crippen molar-refractivity contribution in [2.75, 3.05) is 0 Å². The van der Waals surface area contributed by atoms with E-state index in [1.54, 1.807) is 10.9 Å². The van der Waals surface area contributed by atoms with Crippen LogP contribution >= 0.6 is 0 Å². The Labute approximate surface area is 162 Å². The Morgan fingerprint density at radius 2 is 1.82 bits per heavy atom. The molecule has 0 saturated carbocycles. The average Bonchev–Trinajstić information content (AvgIpc) is 3.20. The van der Waals surface area contributed by atoms with Crippen molar-refractivity contribution in [3.8, 4) is 5.88 Å². The van der Waals surface area contributed by atoms with E-state index in [1.807, 2.05) is 53.1 Å². The highest BCUT2D eigenvalue weighted by Crippen LogP contribution is 2.39. The van der Waals surface area contributed by atoms with Gasteiger partial charge in [0.2, 0.25) is 5.88 Å². The van der Waals surface area contributed by atoms with Gasteiger partial charge in [-0.25, -0.2) is 4.98 Å². The summed E-state index contributed by atoms with van der Waals surface area (Å²) in [4.78, 5) is 16.6. The lowest BCUT2D eigenvalue weighted by atomic mass is 10.2. The maximum atomic E-state index is 12.4. The third-order valence-corrected chi connectivity index (χ3v) is 4.56. The van der Waals surface area contributed by atoms with Gasteiger partial charge in [-0.1, -0.05) is 44.2 Å². The maximum absolute atomic E-state index is 12.4. The maximum Gasteiger partial charge on any atom is 0.284 e. The van der Waals surface area contributed by atoms with E-state index < -0.39 is 5.91 Å². The first-order chi connectivity index (χ1) is 13.5. The summed E-state index contributed by atoms with van der Waals surface area (Å²) >= 11 is 0. The van der Waals surface area contributed by atoms with Gasteiger partial charge in [-0.05, 0) is 24.1 Å². The summed E-state index contributed by atoms with van der Waals surface area (Å²) in [7, 11) is 0. The predicted molar refractivity (Wildman–Crippen MR) is 108 cm³/mol. The quantitative estimate of drug-likeness (QED) is 0.515. The molecule has 2 aromatic heterocycles. The second-order valence-corrected chi connectivity index (χ2v) is 7.15. The highest BCUT2D eigenvalue weighted by atomic mass is 16.3. The molecule has 0 spiro atoms. The minimum absolute atomic E-state index is 0.0273. The largest absolute Gasteiger partial charge is 0.493 e. The van der Waals surface area contributed by atoms with E-state index >= 15 is 0 Å². The molecule has 4 rings (SSSR count). The summed E-state index contributed by atoms with van der Waals surface area (Å²) in [5, 5.41) is 19.4. The van der Waals surface area contributed by atoms with Crippen LogP contribution in [0.2, 0.25) is 0 Å². The molecular weight excluding hydrogens is 354 g/mol. The fourth-order valence-electron chi connectivity index (χ4n) is 3.34. The van der Waals surface area contributed by atoms with Gasteiger partial charge in [0, 0.05) is 11.9 Å². The number of hydrogen-bond donors (Lipinski definition) is 1. The molecule has 1 amide bonds. The molecule has 0 saturated heterocycles. The highest BCUT2D eigenvalue weighted by molar-refractivity contribution is 5.95. The Hall–Kier alpha value is -3.48. The first-order valence-corrected chi connectivity index (χ1v) is 9.19. The number of nitrogens with zero attached hydrogens (tertiary/aromatic N) is 5. The fourth-order valence-corrected chi connectivity index (χ4v) is 3.34. The molecule has 4 aromatic rings. The zero-order valence-corrected chi connectivity index (χ0v) is 15.8. The monoisotopic (exact) mass is 375 g/mol. The minimum atomic E-state index is -0.414. The van der Waals surface area contributed by atoms with Crippen LogP contribution in [-0.4, -0.2) is 25.1 Å². The Bertz CT molecular complexity index is 1190.